The first-order valence-electron chi connectivity index (χ1n) is 10.7. The van der Waals surface area contributed by atoms with Gasteiger partial charge in [-0.1, -0.05) is 24.3 Å². The van der Waals surface area contributed by atoms with Crippen LogP contribution >= 0.6 is 0 Å². The molecule has 172 valence electrons. The number of benzene rings is 2. The summed E-state index contributed by atoms with van der Waals surface area (Å²) < 4.78 is 5.37. The summed E-state index contributed by atoms with van der Waals surface area (Å²) in [6.45, 7) is 3.70. The fraction of sp³-hybridized carbons (Fsp3) is 0.115. The van der Waals surface area contributed by atoms with Crippen molar-refractivity contribution in [2.75, 3.05) is 5.32 Å². The van der Waals surface area contributed by atoms with Gasteiger partial charge in [-0.05, 0) is 61.9 Å². The minimum atomic E-state index is -0.605. The first kappa shape index (κ1) is 22.6. The number of aryl methyl sites for hydroxylation is 1. The van der Waals surface area contributed by atoms with Crippen LogP contribution < -0.4 is 16.2 Å². The van der Waals surface area contributed by atoms with Gasteiger partial charge < -0.3 is 14.8 Å². The molecule has 0 saturated carbocycles. The maximum absolute atomic E-state index is 12.6. The van der Waals surface area contributed by atoms with Crippen LogP contribution in [0.2, 0.25) is 0 Å². The zero-order valence-corrected chi connectivity index (χ0v) is 18.7. The number of phenols is 1. The van der Waals surface area contributed by atoms with Gasteiger partial charge in [0.1, 0.15) is 5.75 Å². The topological polar surface area (TPSA) is 116 Å². The average Bonchev–Trinajstić information content (AvgIpc) is 3.35. The number of pyridine rings is 1. The predicted octanol–water partition coefficient (Wildman–Crippen LogP) is 4.60. The summed E-state index contributed by atoms with van der Waals surface area (Å²) >= 11 is 0. The van der Waals surface area contributed by atoms with Crippen molar-refractivity contribution in [2.24, 2.45) is 0 Å². The number of anilines is 1. The van der Waals surface area contributed by atoms with Crippen LogP contribution in [0.25, 0.3) is 11.1 Å². The standard InChI is InChI=1S/C26H24N4O4/c1-16-14-18(9-11-23(16)31)25(32)29-30-26(33)24-21(12-13-34-24)19-8-10-22(27-15-19)17(2)28-20-6-4-3-5-7-20/h3-15,17,28,31H,1-2H3,(H,29,32)(H,30,33). The fourth-order valence-electron chi connectivity index (χ4n) is 3.43. The van der Waals surface area contributed by atoms with Crippen LogP contribution in [0, 0.1) is 6.92 Å². The molecular weight excluding hydrogens is 432 g/mol. The average molecular weight is 457 g/mol. The van der Waals surface area contributed by atoms with Crippen molar-refractivity contribution in [3.05, 3.63) is 102 Å². The molecule has 1 atom stereocenters. The molecule has 2 aromatic heterocycles. The largest absolute Gasteiger partial charge is 0.508 e. The predicted molar refractivity (Wildman–Crippen MR) is 128 cm³/mol. The van der Waals surface area contributed by atoms with Gasteiger partial charge in [0.05, 0.1) is 18.0 Å². The number of carbonyl (C=O) groups is 2. The van der Waals surface area contributed by atoms with Crippen molar-refractivity contribution >= 4 is 17.5 Å². The number of nitrogens with one attached hydrogen (secondary N) is 3. The van der Waals surface area contributed by atoms with E-state index in [9.17, 15) is 14.7 Å². The lowest BCUT2D eigenvalue weighted by molar-refractivity contribution is 0.0831. The van der Waals surface area contributed by atoms with Crippen LogP contribution in [0.5, 0.6) is 5.75 Å². The zero-order chi connectivity index (χ0) is 24.1. The van der Waals surface area contributed by atoms with E-state index in [4.69, 9.17) is 4.42 Å². The maximum atomic E-state index is 12.6. The van der Waals surface area contributed by atoms with Gasteiger partial charge in [0, 0.05) is 28.6 Å². The Morgan fingerprint density at radius 1 is 0.971 bits per heavy atom. The summed E-state index contributed by atoms with van der Waals surface area (Å²) in [6, 6.07) is 19.7. The van der Waals surface area contributed by atoms with Crippen molar-refractivity contribution in [1.82, 2.24) is 15.8 Å². The molecule has 0 spiro atoms. The van der Waals surface area contributed by atoms with Gasteiger partial charge in [-0.3, -0.25) is 25.4 Å². The molecule has 2 amide bonds. The minimum absolute atomic E-state index is 0.0117. The van der Waals surface area contributed by atoms with Crippen molar-refractivity contribution in [3.8, 4) is 16.9 Å². The first-order chi connectivity index (χ1) is 16.4. The van der Waals surface area contributed by atoms with Gasteiger partial charge in [0.15, 0.2) is 0 Å². The third kappa shape index (κ3) is 5.07. The smallest absolute Gasteiger partial charge is 0.306 e. The summed E-state index contributed by atoms with van der Waals surface area (Å²) in [5.41, 5.74) is 8.67. The Morgan fingerprint density at radius 3 is 2.44 bits per heavy atom. The third-order valence-corrected chi connectivity index (χ3v) is 5.32. The quantitative estimate of drug-likeness (QED) is 0.315. The number of nitrogens with zero attached hydrogens (tertiary/aromatic N) is 1. The molecule has 0 aliphatic rings. The lowest BCUT2D eigenvalue weighted by atomic mass is 10.1. The highest BCUT2D eigenvalue weighted by atomic mass is 16.3. The third-order valence-electron chi connectivity index (χ3n) is 5.32. The number of para-hydroxylation sites is 1. The van der Waals surface area contributed by atoms with Crippen LogP contribution in [0.1, 0.15) is 45.1 Å². The monoisotopic (exact) mass is 456 g/mol. The Hall–Kier alpha value is -4.59. The van der Waals surface area contributed by atoms with E-state index in [1.807, 2.05) is 49.4 Å². The van der Waals surface area contributed by atoms with E-state index in [0.717, 1.165) is 11.4 Å². The number of amides is 2. The summed E-state index contributed by atoms with van der Waals surface area (Å²) in [6.07, 6.45) is 3.08. The van der Waals surface area contributed by atoms with Crippen LogP contribution in [-0.4, -0.2) is 21.9 Å². The highest BCUT2D eigenvalue weighted by molar-refractivity contribution is 6.01. The molecule has 2 aromatic carbocycles. The number of carbonyl (C=O) groups excluding carboxylic acids is 2. The van der Waals surface area contributed by atoms with E-state index in [1.165, 1.54) is 24.5 Å². The van der Waals surface area contributed by atoms with E-state index >= 15 is 0 Å². The van der Waals surface area contributed by atoms with E-state index in [-0.39, 0.29) is 17.6 Å². The number of hydrogen-bond donors (Lipinski definition) is 4. The number of rotatable bonds is 6. The van der Waals surface area contributed by atoms with Gasteiger partial charge >= 0.3 is 5.91 Å². The molecule has 4 aromatic rings. The Kier molecular flexibility index (Phi) is 6.59. The Balaban J connectivity index is 1.42. The normalized spacial score (nSPS) is 11.5. The van der Waals surface area contributed by atoms with Crippen LogP contribution in [0.15, 0.2) is 83.6 Å². The first-order valence-corrected chi connectivity index (χ1v) is 10.7. The molecule has 2 heterocycles. The highest BCUT2D eigenvalue weighted by Crippen LogP contribution is 2.26. The second kappa shape index (κ2) is 9.91. The maximum Gasteiger partial charge on any atom is 0.306 e. The molecule has 0 bridgehead atoms. The van der Waals surface area contributed by atoms with Crippen LogP contribution in [-0.2, 0) is 0 Å². The van der Waals surface area contributed by atoms with Crippen molar-refractivity contribution in [3.63, 3.8) is 0 Å². The van der Waals surface area contributed by atoms with Crippen molar-refractivity contribution < 1.29 is 19.1 Å². The summed E-state index contributed by atoms with van der Waals surface area (Å²) in [4.78, 5) is 29.5. The number of hydrazine groups is 1. The number of furan rings is 1. The number of phenolic OH excluding ortho intramolecular Hbond substituents is 1. The van der Waals surface area contributed by atoms with Crippen molar-refractivity contribution in [2.45, 2.75) is 19.9 Å². The lowest BCUT2D eigenvalue weighted by Gasteiger charge is -2.15. The summed E-state index contributed by atoms with van der Waals surface area (Å²) in [5.74, 6) is -0.986. The minimum Gasteiger partial charge on any atom is -0.508 e. The van der Waals surface area contributed by atoms with Crippen LogP contribution in [0.3, 0.4) is 0 Å². The Labute approximate surface area is 196 Å². The molecule has 4 rings (SSSR count). The van der Waals surface area contributed by atoms with Gasteiger partial charge in [-0.15, -0.1) is 0 Å². The summed E-state index contributed by atoms with van der Waals surface area (Å²) in [7, 11) is 0. The molecule has 8 nitrogen and oxygen atoms in total. The Bertz CT molecular complexity index is 1300. The summed E-state index contributed by atoms with van der Waals surface area (Å²) in [5, 5.41) is 13.0. The van der Waals surface area contributed by atoms with Crippen molar-refractivity contribution in [1.29, 1.82) is 0 Å². The van der Waals surface area contributed by atoms with E-state index < -0.39 is 11.8 Å². The molecule has 4 N–H and O–H groups in total. The second-order valence-electron chi connectivity index (χ2n) is 7.78. The molecule has 0 saturated heterocycles. The van der Waals surface area contributed by atoms with Crippen LogP contribution in [0.4, 0.5) is 5.69 Å². The van der Waals surface area contributed by atoms with E-state index in [2.05, 4.69) is 21.2 Å². The molecular formula is C26H24N4O4. The number of aromatic nitrogens is 1. The molecule has 0 fully saturated rings. The molecule has 1 unspecified atom stereocenters. The highest BCUT2D eigenvalue weighted by Gasteiger charge is 2.19. The molecule has 0 radical (unpaired) electrons. The lowest BCUT2D eigenvalue weighted by Crippen LogP contribution is -2.41. The Morgan fingerprint density at radius 2 is 1.74 bits per heavy atom. The molecule has 0 aliphatic heterocycles. The molecule has 0 aliphatic carbocycles. The zero-order valence-electron chi connectivity index (χ0n) is 18.7. The second-order valence-corrected chi connectivity index (χ2v) is 7.78. The molecule has 34 heavy (non-hydrogen) atoms. The van der Waals surface area contributed by atoms with Gasteiger partial charge in [-0.2, -0.15) is 0 Å². The SMILES string of the molecule is Cc1cc(C(=O)NNC(=O)c2occc2-c2ccc(C(C)Nc3ccccc3)nc2)ccc1O. The van der Waals surface area contributed by atoms with E-state index in [1.54, 1.807) is 19.2 Å². The fourth-order valence-corrected chi connectivity index (χ4v) is 3.43. The van der Waals surface area contributed by atoms with Gasteiger partial charge in [0.25, 0.3) is 5.91 Å². The number of hydrogen-bond acceptors (Lipinski definition) is 6. The van der Waals surface area contributed by atoms with Gasteiger partial charge in [-0.25, -0.2) is 0 Å². The van der Waals surface area contributed by atoms with E-state index in [0.29, 0.717) is 22.3 Å². The molecule has 8 heteroatoms. The number of aromatic hydroxyl groups is 1. The van der Waals surface area contributed by atoms with Gasteiger partial charge in [0.2, 0.25) is 5.76 Å².